The average Bonchev–Trinajstić information content (AvgIpc) is 2.15. The molecule has 0 spiro atoms. The van der Waals surface area contributed by atoms with E-state index in [0.717, 1.165) is 5.75 Å². The minimum atomic E-state index is -0.619. The summed E-state index contributed by atoms with van der Waals surface area (Å²) in [5, 5.41) is 0. The zero-order valence-corrected chi connectivity index (χ0v) is 12.0. The molecule has 17 heavy (non-hydrogen) atoms. The highest BCUT2D eigenvalue weighted by molar-refractivity contribution is 7.80. The maximum atomic E-state index is 5.83. The molecule has 0 aromatic heterocycles. The van der Waals surface area contributed by atoms with Gasteiger partial charge in [0, 0.05) is 0 Å². The van der Waals surface area contributed by atoms with Gasteiger partial charge in [-0.2, -0.15) is 0 Å². The van der Waals surface area contributed by atoms with Crippen LogP contribution < -0.4 is 10.5 Å². The summed E-state index contributed by atoms with van der Waals surface area (Å²) in [6.07, 6.45) is 0. The summed E-state index contributed by atoms with van der Waals surface area (Å²) in [6.45, 7) is 10.3. The van der Waals surface area contributed by atoms with Gasteiger partial charge in [0.05, 0.1) is 0 Å². The summed E-state index contributed by atoms with van der Waals surface area (Å²) in [6, 6.07) is 8.06. The predicted molar refractivity (Wildman–Crippen MR) is 76.6 cm³/mol. The number of hydrogen-bond acceptors (Lipinski definition) is 2. The van der Waals surface area contributed by atoms with Crippen LogP contribution in [0.5, 0.6) is 5.75 Å². The van der Waals surface area contributed by atoms with Crippen molar-refractivity contribution in [3.63, 3.8) is 0 Å². The number of ether oxygens (including phenoxy) is 1. The van der Waals surface area contributed by atoms with Gasteiger partial charge in [-0.3, -0.25) is 0 Å². The van der Waals surface area contributed by atoms with Crippen molar-refractivity contribution in [2.75, 3.05) is 0 Å². The molecule has 2 N–H and O–H groups in total. The van der Waals surface area contributed by atoms with Gasteiger partial charge < -0.3 is 10.5 Å². The van der Waals surface area contributed by atoms with Crippen molar-refractivity contribution in [3.05, 3.63) is 29.8 Å². The van der Waals surface area contributed by atoms with Crippen LogP contribution in [0.4, 0.5) is 0 Å². The zero-order chi connectivity index (χ0) is 13.3. The largest absolute Gasteiger partial charge is 0.481 e. The third-order valence-electron chi connectivity index (χ3n) is 2.67. The normalized spacial score (nSPS) is 12.3. The summed E-state index contributed by atoms with van der Waals surface area (Å²) < 4.78 is 5.83. The maximum Gasteiger partial charge on any atom is 0.153 e. The Morgan fingerprint density at radius 1 is 1.18 bits per heavy atom. The van der Waals surface area contributed by atoms with Gasteiger partial charge in [-0.25, -0.2) is 0 Å². The molecule has 0 fully saturated rings. The van der Waals surface area contributed by atoms with E-state index in [9.17, 15) is 0 Å². The van der Waals surface area contributed by atoms with E-state index in [2.05, 4.69) is 26.8 Å². The molecular formula is C14H21NOS. The topological polar surface area (TPSA) is 35.2 Å². The van der Waals surface area contributed by atoms with Crippen molar-refractivity contribution in [2.24, 2.45) is 5.73 Å². The van der Waals surface area contributed by atoms with Crippen LogP contribution in [0.25, 0.3) is 0 Å². The predicted octanol–water partition coefficient (Wildman–Crippen LogP) is 3.43. The van der Waals surface area contributed by atoms with E-state index in [4.69, 9.17) is 22.7 Å². The van der Waals surface area contributed by atoms with Crippen LogP contribution in [0.2, 0.25) is 0 Å². The monoisotopic (exact) mass is 251 g/mol. The molecule has 0 bridgehead atoms. The SMILES string of the molecule is CC(C)(Oc1cccc(C(C)(C)C)c1)C(N)=S. The molecule has 0 unspecified atom stereocenters. The molecule has 0 radical (unpaired) electrons. The molecule has 2 nitrogen and oxygen atoms in total. The molecule has 0 saturated heterocycles. The smallest absolute Gasteiger partial charge is 0.153 e. The van der Waals surface area contributed by atoms with Gasteiger partial charge >= 0.3 is 0 Å². The second-order valence-corrected chi connectivity index (χ2v) is 6.19. The molecule has 1 rings (SSSR count). The fraction of sp³-hybridized carbons (Fsp3) is 0.500. The Bertz CT molecular complexity index is 418. The molecule has 0 aliphatic heterocycles. The van der Waals surface area contributed by atoms with E-state index < -0.39 is 5.60 Å². The Balaban J connectivity index is 2.98. The Labute approximate surface area is 109 Å². The van der Waals surface area contributed by atoms with Gasteiger partial charge in [0.15, 0.2) is 5.60 Å². The number of thiocarbonyl (C=S) groups is 1. The molecule has 0 heterocycles. The zero-order valence-electron chi connectivity index (χ0n) is 11.2. The number of hydrogen-bond donors (Lipinski definition) is 1. The van der Waals surface area contributed by atoms with Gasteiger partial charge in [0.1, 0.15) is 10.7 Å². The van der Waals surface area contributed by atoms with Crippen LogP contribution in [0.1, 0.15) is 40.2 Å². The third-order valence-corrected chi connectivity index (χ3v) is 3.16. The average molecular weight is 251 g/mol. The summed E-state index contributed by atoms with van der Waals surface area (Å²) in [7, 11) is 0. The quantitative estimate of drug-likeness (QED) is 0.836. The van der Waals surface area contributed by atoms with Gasteiger partial charge in [-0.05, 0) is 37.0 Å². The first-order chi connectivity index (χ1) is 7.63. The molecule has 0 aliphatic carbocycles. The van der Waals surface area contributed by atoms with Crippen LogP contribution in [0, 0.1) is 0 Å². The lowest BCUT2D eigenvalue weighted by molar-refractivity contribution is 0.183. The number of benzene rings is 1. The van der Waals surface area contributed by atoms with Crippen molar-refractivity contribution in [3.8, 4) is 5.75 Å². The van der Waals surface area contributed by atoms with E-state index in [1.165, 1.54) is 5.56 Å². The van der Waals surface area contributed by atoms with Crippen LogP contribution >= 0.6 is 12.2 Å². The van der Waals surface area contributed by atoms with Crippen molar-refractivity contribution >= 4 is 17.2 Å². The standard InChI is InChI=1S/C14H21NOS/c1-13(2,3)10-7-6-8-11(9-10)16-14(4,5)12(15)17/h6-9H,1-5H3,(H2,15,17). The maximum absolute atomic E-state index is 5.83. The molecule has 3 heteroatoms. The first kappa shape index (κ1) is 14.0. The van der Waals surface area contributed by atoms with E-state index in [1.54, 1.807) is 0 Å². The van der Waals surface area contributed by atoms with Gasteiger partial charge in [-0.1, -0.05) is 45.1 Å². The Morgan fingerprint density at radius 2 is 1.76 bits per heavy atom. The molecule has 0 saturated carbocycles. The molecule has 0 amide bonds. The minimum Gasteiger partial charge on any atom is -0.481 e. The summed E-state index contributed by atoms with van der Waals surface area (Å²) in [5.41, 5.74) is 6.36. The van der Waals surface area contributed by atoms with Gasteiger partial charge in [0.2, 0.25) is 0 Å². The van der Waals surface area contributed by atoms with Crippen molar-refractivity contribution in [2.45, 2.75) is 45.6 Å². The molecular weight excluding hydrogens is 230 g/mol. The van der Waals surface area contributed by atoms with Gasteiger partial charge in [0.25, 0.3) is 0 Å². The highest BCUT2D eigenvalue weighted by Gasteiger charge is 2.24. The summed E-state index contributed by atoms with van der Waals surface area (Å²) in [4.78, 5) is 0.360. The van der Waals surface area contributed by atoms with E-state index in [-0.39, 0.29) is 5.41 Å². The lowest BCUT2D eigenvalue weighted by Crippen LogP contribution is -2.42. The summed E-state index contributed by atoms with van der Waals surface area (Å²) in [5.74, 6) is 0.801. The lowest BCUT2D eigenvalue weighted by Gasteiger charge is -2.26. The van der Waals surface area contributed by atoms with Crippen molar-refractivity contribution in [1.82, 2.24) is 0 Å². The van der Waals surface area contributed by atoms with Crippen LogP contribution in [0.15, 0.2) is 24.3 Å². The first-order valence-corrected chi connectivity index (χ1v) is 6.13. The fourth-order valence-corrected chi connectivity index (χ4v) is 1.41. The number of nitrogens with two attached hydrogens (primary N) is 1. The fourth-order valence-electron chi connectivity index (χ4n) is 1.37. The first-order valence-electron chi connectivity index (χ1n) is 5.72. The molecule has 0 atom stereocenters. The van der Waals surface area contributed by atoms with E-state index >= 15 is 0 Å². The summed E-state index contributed by atoms with van der Waals surface area (Å²) >= 11 is 4.99. The highest BCUT2D eigenvalue weighted by atomic mass is 32.1. The number of rotatable bonds is 3. The third kappa shape index (κ3) is 3.70. The van der Waals surface area contributed by atoms with Gasteiger partial charge in [-0.15, -0.1) is 0 Å². The van der Waals surface area contributed by atoms with E-state index in [0.29, 0.717) is 4.99 Å². The second kappa shape index (κ2) is 4.65. The molecule has 1 aromatic rings. The Hall–Kier alpha value is -1.09. The Morgan fingerprint density at radius 3 is 2.24 bits per heavy atom. The molecule has 0 aliphatic rings. The molecule has 1 aromatic carbocycles. The Kier molecular flexibility index (Phi) is 3.82. The van der Waals surface area contributed by atoms with Crippen molar-refractivity contribution < 1.29 is 4.74 Å². The van der Waals surface area contributed by atoms with Crippen LogP contribution in [-0.2, 0) is 5.41 Å². The van der Waals surface area contributed by atoms with E-state index in [1.807, 2.05) is 32.0 Å². The minimum absolute atomic E-state index is 0.104. The van der Waals surface area contributed by atoms with Crippen molar-refractivity contribution in [1.29, 1.82) is 0 Å². The van der Waals surface area contributed by atoms with Crippen LogP contribution in [0.3, 0.4) is 0 Å². The lowest BCUT2D eigenvalue weighted by atomic mass is 9.87. The van der Waals surface area contributed by atoms with Crippen LogP contribution in [-0.4, -0.2) is 10.6 Å². The molecule has 94 valence electrons. The second-order valence-electron chi connectivity index (χ2n) is 5.75. The highest BCUT2D eigenvalue weighted by Crippen LogP contribution is 2.27.